The molecule has 2 aromatic rings. The molecule has 1 atom stereocenters. The molecule has 2 heterocycles. The summed E-state index contributed by atoms with van der Waals surface area (Å²) in [6.45, 7) is 5.03. The lowest BCUT2D eigenvalue weighted by molar-refractivity contribution is 0.0722. The van der Waals surface area contributed by atoms with Crippen LogP contribution in [0.3, 0.4) is 0 Å². The van der Waals surface area contributed by atoms with E-state index < -0.39 is 0 Å². The number of ether oxygens (including phenoxy) is 1. The molecule has 1 amide bonds. The largest absolute Gasteiger partial charge is 0.381 e. The maximum Gasteiger partial charge on any atom is 0.274 e. The van der Waals surface area contributed by atoms with Gasteiger partial charge in [-0.2, -0.15) is 5.10 Å². The first kappa shape index (κ1) is 17.4. The van der Waals surface area contributed by atoms with Gasteiger partial charge in [0.2, 0.25) is 0 Å². The predicted octanol–water partition coefficient (Wildman–Crippen LogP) is 1.79. The number of nitrogens with zero attached hydrogens (tertiary/aromatic N) is 3. The maximum absolute atomic E-state index is 12.8. The van der Waals surface area contributed by atoms with Gasteiger partial charge in [-0.15, -0.1) is 0 Å². The van der Waals surface area contributed by atoms with Gasteiger partial charge in [-0.1, -0.05) is 30.3 Å². The van der Waals surface area contributed by atoms with E-state index >= 15 is 0 Å². The Morgan fingerprint density at radius 3 is 2.76 bits per heavy atom. The third-order valence-electron chi connectivity index (χ3n) is 4.43. The van der Waals surface area contributed by atoms with Gasteiger partial charge in [-0.25, -0.2) is 4.68 Å². The highest BCUT2D eigenvalue weighted by Gasteiger charge is 2.23. The van der Waals surface area contributed by atoms with E-state index in [9.17, 15) is 9.59 Å². The van der Waals surface area contributed by atoms with Crippen molar-refractivity contribution in [3.8, 4) is 0 Å². The lowest BCUT2D eigenvalue weighted by Gasteiger charge is -2.23. The van der Waals surface area contributed by atoms with Crippen molar-refractivity contribution in [2.24, 2.45) is 5.92 Å². The highest BCUT2D eigenvalue weighted by atomic mass is 16.5. The van der Waals surface area contributed by atoms with Gasteiger partial charge in [0.25, 0.3) is 11.5 Å². The van der Waals surface area contributed by atoms with E-state index in [2.05, 4.69) is 5.10 Å². The molecule has 1 aromatic heterocycles. The van der Waals surface area contributed by atoms with Gasteiger partial charge in [0.15, 0.2) is 0 Å². The van der Waals surface area contributed by atoms with E-state index in [4.69, 9.17) is 4.74 Å². The van der Waals surface area contributed by atoms with Gasteiger partial charge in [-0.05, 0) is 25.0 Å². The first-order chi connectivity index (χ1) is 12.2. The Kier molecular flexibility index (Phi) is 5.60. The number of benzene rings is 1. The second kappa shape index (κ2) is 8.07. The second-order valence-electron chi connectivity index (χ2n) is 6.27. The number of carbonyl (C=O) groups is 1. The van der Waals surface area contributed by atoms with E-state index in [1.165, 1.54) is 16.8 Å². The zero-order valence-electron chi connectivity index (χ0n) is 14.4. The minimum atomic E-state index is -0.215. The summed E-state index contributed by atoms with van der Waals surface area (Å²) in [5, 5.41) is 4.29. The van der Waals surface area contributed by atoms with Crippen molar-refractivity contribution in [3.05, 3.63) is 64.1 Å². The minimum Gasteiger partial charge on any atom is -0.381 e. The van der Waals surface area contributed by atoms with Crippen LogP contribution in [-0.2, 0) is 11.3 Å². The molecule has 6 heteroatoms. The molecule has 1 fully saturated rings. The lowest BCUT2D eigenvalue weighted by atomic mass is 10.1. The lowest BCUT2D eigenvalue weighted by Crippen LogP contribution is -2.37. The van der Waals surface area contributed by atoms with Gasteiger partial charge >= 0.3 is 0 Å². The highest BCUT2D eigenvalue weighted by molar-refractivity contribution is 5.92. The minimum absolute atomic E-state index is 0.142. The van der Waals surface area contributed by atoms with Crippen molar-refractivity contribution in [2.75, 3.05) is 26.3 Å². The quantitative estimate of drug-likeness (QED) is 0.803. The topological polar surface area (TPSA) is 64.4 Å². The fourth-order valence-corrected chi connectivity index (χ4v) is 2.99. The average molecular weight is 341 g/mol. The molecule has 1 saturated heterocycles. The van der Waals surface area contributed by atoms with E-state index in [0.717, 1.165) is 18.6 Å². The van der Waals surface area contributed by atoms with Crippen molar-refractivity contribution < 1.29 is 9.53 Å². The van der Waals surface area contributed by atoms with E-state index in [1.54, 1.807) is 4.90 Å². The van der Waals surface area contributed by atoms with Crippen LogP contribution in [0.1, 0.15) is 29.4 Å². The summed E-state index contributed by atoms with van der Waals surface area (Å²) in [5.74, 6) is 0.232. The molecule has 0 N–H and O–H groups in total. The Morgan fingerprint density at radius 1 is 1.28 bits per heavy atom. The van der Waals surface area contributed by atoms with Crippen LogP contribution in [0.25, 0.3) is 0 Å². The van der Waals surface area contributed by atoms with Gasteiger partial charge < -0.3 is 9.64 Å². The molecule has 0 radical (unpaired) electrons. The monoisotopic (exact) mass is 341 g/mol. The average Bonchev–Trinajstić information content (AvgIpc) is 3.15. The number of hydrogen-bond donors (Lipinski definition) is 0. The number of hydrogen-bond acceptors (Lipinski definition) is 4. The molecule has 0 saturated carbocycles. The third-order valence-corrected chi connectivity index (χ3v) is 4.43. The summed E-state index contributed by atoms with van der Waals surface area (Å²) in [5.41, 5.74) is 1.06. The Bertz CT molecular complexity index is 767. The summed E-state index contributed by atoms with van der Waals surface area (Å²) in [6.07, 6.45) is 0.977. The Labute approximate surface area is 147 Å². The molecule has 0 unspecified atom stereocenters. The van der Waals surface area contributed by atoms with Crippen LogP contribution in [0.2, 0.25) is 0 Å². The SMILES string of the molecule is CCN(C[C@@H]1CCOC1)C(=O)c1ccc(=O)n(Cc2ccccc2)n1. The smallest absolute Gasteiger partial charge is 0.274 e. The standard InChI is InChI=1S/C19H23N3O3/c1-2-21(12-16-10-11-25-14-16)19(24)17-8-9-18(23)22(20-17)13-15-6-4-3-5-7-15/h3-9,16H,2,10-14H2,1H3/t16-/m0/s1. The Balaban J connectivity index is 1.77. The van der Waals surface area contributed by atoms with Crippen molar-refractivity contribution >= 4 is 5.91 Å². The van der Waals surface area contributed by atoms with Gasteiger partial charge in [-0.3, -0.25) is 9.59 Å². The molecular weight excluding hydrogens is 318 g/mol. The fourth-order valence-electron chi connectivity index (χ4n) is 2.99. The first-order valence-corrected chi connectivity index (χ1v) is 8.66. The molecule has 132 valence electrons. The van der Waals surface area contributed by atoms with Gasteiger partial charge in [0, 0.05) is 31.7 Å². The van der Waals surface area contributed by atoms with Crippen molar-refractivity contribution in [3.63, 3.8) is 0 Å². The van der Waals surface area contributed by atoms with Crippen LogP contribution in [0, 0.1) is 5.92 Å². The molecule has 1 aliphatic heterocycles. The summed E-state index contributed by atoms with van der Waals surface area (Å²) in [7, 11) is 0. The number of rotatable bonds is 6. The van der Waals surface area contributed by atoms with Crippen molar-refractivity contribution in [1.82, 2.24) is 14.7 Å². The molecule has 6 nitrogen and oxygen atoms in total. The molecule has 3 rings (SSSR count). The number of amides is 1. The Morgan fingerprint density at radius 2 is 2.08 bits per heavy atom. The third kappa shape index (κ3) is 4.33. The van der Waals surface area contributed by atoms with Crippen molar-refractivity contribution in [1.29, 1.82) is 0 Å². The normalized spacial score (nSPS) is 16.8. The molecular formula is C19H23N3O3. The first-order valence-electron chi connectivity index (χ1n) is 8.66. The number of aromatic nitrogens is 2. The maximum atomic E-state index is 12.8. The van der Waals surface area contributed by atoms with Crippen LogP contribution in [0.4, 0.5) is 0 Å². The summed E-state index contributed by atoms with van der Waals surface area (Å²) < 4.78 is 6.73. The van der Waals surface area contributed by atoms with Crippen LogP contribution in [0.5, 0.6) is 0 Å². The van der Waals surface area contributed by atoms with E-state index in [-0.39, 0.29) is 11.5 Å². The molecule has 0 spiro atoms. The zero-order valence-corrected chi connectivity index (χ0v) is 14.4. The van der Waals surface area contributed by atoms with Crippen molar-refractivity contribution in [2.45, 2.75) is 19.9 Å². The molecule has 1 aliphatic rings. The Hall–Kier alpha value is -2.47. The van der Waals surface area contributed by atoms with Gasteiger partial charge in [0.1, 0.15) is 5.69 Å². The molecule has 1 aromatic carbocycles. The van der Waals surface area contributed by atoms with Crippen LogP contribution >= 0.6 is 0 Å². The molecule has 0 aliphatic carbocycles. The predicted molar refractivity (Wildman–Crippen MR) is 94.5 cm³/mol. The zero-order chi connectivity index (χ0) is 17.6. The summed E-state index contributed by atoms with van der Waals surface area (Å²) in [6, 6.07) is 12.5. The van der Waals surface area contributed by atoms with Crippen LogP contribution in [-0.4, -0.2) is 46.9 Å². The van der Waals surface area contributed by atoms with E-state index in [1.807, 2.05) is 37.3 Å². The van der Waals surface area contributed by atoms with Gasteiger partial charge in [0.05, 0.1) is 13.2 Å². The van der Waals surface area contributed by atoms with E-state index in [0.29, 0.717) is 37.9 Å². The summed E-state index contributed by atoms with van der Waals surface area (Å²) >= 11 is 0. The molecule has 25 heavy (non-hydrogen) atoms. The number of carbonyl (C=O) groups excluding carboxylic acids is 1. The molecule has 0 bridgehead atoms. The summed E-state index contributed by atoms with van der Waals surface area (Å²) in [4.78, 5) is 26.6. The highest BCUT2D eigenvalue weighted by Crippen LogP contribution is 2.15. The van der Waals surface area contributed by atoms with Crippen LogP contribution in [0.15, 0.2) is 47.3 Å². The van der Waals surface area contributed by atoms with Crippen LogP contribution < -0.4 is 5.56 Å². The second-order valence-corrected chi connectivity index (χ2v) is 6.27. The fraction of sp³-hybridized carbons (Fsp3) is 0.421.